The molecule has 0 aliphatic rings. The van der Waals surface area contributed by atoms with Gasteiger partial charge < -0.3 is 10.1 Å². The van der Waals surface area contributed by atoms with Gasteiger partial charge in [-0.15, -0.1) is 0 Å². The molecule has 96 valence electrons. The fraction of sp³-hybridized carbons (Fsp3) is 0.538. The average molecular weight is 260 g/mol. The Hall–Kier alpha value is -0.800. The number of halogens is 2. The fourth-order valence-electron chi connectivity index (χ4n) is 1.33. The second-order valence-electron chi connectivity index (χ2n) is 4.93. The van der Waals surface area contributed by atoms with Crippen LogP contribution in [0.15, 0.2) is 18.2 Å². The molecule has 0 unspecified atom stereocenters. The molecule has 0 heterocycles. The minimum Gasteiger partial charge on any atom is -0.489 e. The molecular formula is C13H19ClFNO. The van der Waals surface area contributed by atoms with E-state index >= 15 is 0 Å². The first-order chi connectivity index (χ1) is 7.90. The number of benzene rings is 1. The van der Waals surface area contributed by atoms with Crippen LogP contribution < -0.4 is 10.1 Å². The Morgan fingerprint density at radius 3 is 2.65 bits per heavy atom. The summed E-state index contributed by atoms with van der Waals surface area (Å²) >= 11 is 5.83. The van der Waals surface area contributed by atoms with Crippen molar-refractivity contribution in [1.82, 2.24) is 5.32 Å². The van der Waals surface area contributed by atoms with E-state index in [9.17, 15) is 4.39 Å². The number of para-hydroxylation sites is 1. The molecule has 0 amide bonds. The number of nitrogens with one attached hydrogen (secondary N) is 1. The van der Waals surface area contributed by atoms with Gasteiger partial charge in [0.05, 0.1) is 11.6 Å². The predicted molar refractivity (Wildman–Crippen MR) is 69.3 cm³/mol. The third kappa shape index (κ3) is 5.37. The summed E-state index contributed by atoms with van der Waals surface area (Å²) in [5.74, 6) is -0.272. The molecule has 17 heavy (non-hydrogen) atoms. The third-order valence-corrected chi connectivity index (χ3v) is 2.44. The van der Waals surface area contributed by atoms with Crippen molar-refractivity contribution in [3.63, 3.8) is 0 Å². The van der Waals surface area contributed by atoms with Gasteiger partial charge in [-0.05, 0) is 45.9 Å². The van der Waals surface area contributed by atoms with E-state index in [1.807, 2.05) is 0 Å². The Morgan fingerprint density at radius 2 is 2.06 bits per heavy atom. The van der Waals surface area contributed by atoms with Gasteiger partial charge >= 0.3 is 0 Å². The van der Waals surface area contributed by atoms with Crippen LogP contribution in [0.1, 0.15) is 27.2 Å². The van der Waals surface area contributed by atoms with E-state index in [0.717, 1.165) is 13.0 Å². The summed E-state index contributed by atoms with van der Waals surface area (Å²) in [6.07, 6.45) is 0.807. The van der Waals surface area contributed by atoms with Crippen LogP contribution in [0.3, 0.4) is 0 Å². The number of rotatable bonds is 5. The number of hydrogen-bond acceptors (Lipinski definition) is 2. The van der Waals surface area contributed by atoms with Gasteiger partial charge in [-0.3, -0.25) is 0 Å². The molecule has 1 aromatic rings. The van der Waals surface area contributed by atoms with Gasteiger partial charge in [0.15, 0.2) is 11.6 Å². The van der Waals surface area contributed by atoms with E-state index in [2.05, 4.69) is 26.1 Å². The van der Waals surface area contributed by atoms with Crippen LogP contribution in [-0.2, 0) is 0 Å². The van der Waals surface area contributed by atoms with Crippen LogP contribution in [0.25, 0.3) is 0 Å². The van der Waals surface area contributed by atoms with Crippen LogP contribution in [0, 0.1) is 5.82 Å². The summed E-state index contributed by atoms with van der Waals surface area (Å²) in [5.41, 5.74) is 0.0929. The lowest BCUT2D eigenvalue weighted by molar-refractivity contribution is 0.285. The zero-order chi connectivity index (χ0) is 12.9. The van der Waals surface area contributed by atoms with Gasteiger partial charge in [0.25, 0.3) is 0 Å². The number of hydrogen-bond donors (Lipinski definition) is 1. The summed E-state index contributed by atoms with van der Waals surface area (Å²) in [6.45, 7) is 7.57. The molecule has 0 fully saturated rings. The van der Waals surface area contributed by atoms with Crippen LogP contribution in [0.5, 0.6) is 5.75 Å². The van der Waals surface area contributed by atoms with Crippen molar-refractivity contribution < 1.29 is 9.13 Å². The monoisotopic (exact) mass is 259 g/mol. The second kappa shape index (κ2) is 6.22. The molecule has 0 spiro atoms. The van der Waals surface area contributed by atoms with E-state index in [0.29, 0.717) is 11.6 Å². The zero-order valence-corrected chi connectivity index (χ0v) is 11.3. The molecule has 1 aromatic carbocycles. The summed E-state index contributed by atoms with van der Waals surface area (Å²) in [7, 11) is 0. The molecule has 0 aliphatic carbocycles. The van der Waals surface area contributed by atoms with Gasteiger partial charge in [-0.1, -0.05) is 17.7 Å². The smallest absolute Gasteiger partial charge is 0.173 e. The van der Waals surface area contributed by atoms with Crippen molar-refractivity contribution in [1.29, 1.82) is 0 Å². The van der Waals surface area contributed by atoms with E-state index in [1.165, 1.54) is 6.07 Å². The van der Waals surface area contributed by atoms with Crippen molar-refractivity contribution in [3.8, 4) is 5.75 Å². The summed E-state index contributed by atoms with van der Waals surface area (Å²) < 4.78 is 18.7. The fourth-order valence-corrected chi connectivity index (χ4v) is 1.55. The molecule has 0 atom stereocenters. The van der Waals surface area contributed by atoms with Crippen molar-refractivity contribution in [2.75, 3.05) is 13.2 Å². The maximum atomic E-state index is 13.3. The summed E-state index contributed by atoms with van der Waals surface area (Å²) in [6, 6.07) is 4.52. The molecule has 0 bridgehead atoms. The maximum Gasteiger partial charge on any atom is 0.173 e. The summed E-state index contributed by atoms with van der Waals surface area (Å²) in [5, 5.41) is 3.64. The molecule has 1 N–H and O–H groups in total. The first kappa shape index (κ1) is 14.3. The molecule has 0 radical (unpaired) electrons. The van der Waals surface area contributed by atoms with E-state index in [4.69, 9.17) is 16.3 Å². The van der Waals surface area contributed by atoms with Crippen molar-refractivity contribution in [2.24, 2.45) is 0 Å². The van der Waals surface area contributed by atoms with Gasteiger partial charge in [0.2, 0.25) is 0 Å². The van der Waals surface area contributed by atoms with Crippen LogP contribution >= 0.6 is 11.6 Å². The Kier molecular flexibility index (Phi) is 5.22. The lowest BCUT2D eigenvalue weighted by Gasteiger charge is -2.20. The quantitative estimate of drug-likeness (QED) is 0.816. The van der Waals surface area contributed by atoms with Crippen molar-refractivity contribution >= 4 is 11.6 Å². The molecule has 0 saturated heterocycles. The highest BCUT2D eigenvalue weighted by Gasteiger charge is 2.09. The highest BCUT2D eigenvalue weighted by molar-refractivity contribution is 6.32. The predicted octanol–water partition coefficient (Wildman–Crippen LogP) is 3.64. The molecule has 0 aromatic heterocycles. The minimum absolute atomic E-state index is 0.0929. The average Bonchev–Trinajstić information content (AvgIpc) is 2.20. The summed E-state index contributed by atoms with van der Waals surface area (Å²) in [4.78, 5) is 0. The number of ether oxygens (including phenoxy) is 1. The lowest BCUT2D eigenvalue weighted by Crippen LogP contribution is -2.36. The topological polar surface area (TPSA) is 21.3 Å². The first-order valence-corrected chi connectivity index (χ1v) is 6.10. The minimum atomic E-state index is -0.415. The second-order valence-corrected chi connectivity index (χ2v) is 5.34. The molecule has 1 rings (SSSR count). The zero-order valence-electron chi connectivity index (χ0n) is 10.5. The molecule has 0 saturated carbocycles. The Labute approximate surface area is 107 Å². The van der Waals surface area contributed by atoms with Crippen molar-refractivity contribution in [3.05, 3.63) is 29.0 Å². The first-order valence-electron chi connectivity index (χ1n) is 5.72. The third-order valence-electron chi connectivity index (χ3n) is 2.14. The largest absolute Gasteiger partial charge is 0.489 e. The van der Waals surface area contributed by atoms with Gasteiger partial charge in [0.1, 0.15) is 0 Å². The van der Waals surface area contributed by atoms with Crippen LogP contribution in [0.2, 0.25) is 5.02 Å². The highest BCUT2D eigenvalue weighted by Crippen LogP contribution is 2.27. The Balaban J connectivity index is 2.32. The molecule has 4 heteroatoms. The van der Waals surface area contributed by atoms with Crippen LogP contribution in [0.4, 0.5) is 4.39 Å². The normalized spacial score (nSPS) is 11.6. The maximum absolute atomic E-state index is 13.3. The van der Waals surface area contributed by atoms with Crippen molar-refractivity contribution in [2.45, 2.75) is 32.7 Å². The molecule has 2 nitrogen and oxygen atoms in total. The van der Waals surface area contributed by atoms with E-state index < -0.39 is 5.82 Å². The van der Waals surface area contributed by atoms with Gasteiger partial charge in [-0.25, -0.2) is 4.39 Å². The Morgan fingerprint density at radius 1 is 1.35 bits per heavy atom. The van der Waals surface area contributed by atoms with Crippen LogP contribution in [-0.4, -0.2) is 18.7 Å². The van der Waals surface area contributed by atoms with Gasteiger partial charge in [0, 0.05) is 5.54 Å². The highest BCUT2D eigenvalue weighted by atomic mass is 35.5. The standard InChI is InChI=1S/C13H19ClFNO/c1-13(2,3)16-8-5-9-17-12-10(14)6-4-7-11(12)15/h4,6-7,16H,5,8-9H2,1-3H3. The Bertz CT molecular complexity index is 343. The van der Waals surface area contributed by atoms with E-state index in [1.54, 1.807) is 12.1 Å². The SMILES string of the molecule is CC(C)(C)NCCCOc1c(F)cccc1Cl. The molecule has 0 aliphatic heterocycles. The lowest BCUT2D eigenvalue weighted by atomic mass is 10.1. The molecular weight excluding hydrogens is 241 g/mol. The van der Waals surface area contributed by atoms with Gasteiger partial charge in [-0.2, -0.15) is 0 Å². The van der Waals surface area contributed by atoms with E-state index in [-0.39, 0.29) is 11.3 Å².